The number of nitrogens with one attached hydrogen (secondary N) is 1. The Kier molecular flexibility index (Phi) is 4.25. The first-order chi connectivity index (χ1) is 12.1. The van der Waals surface area contributed by atoms with Crippen LogP contribution in [-0.2, 0) is 13.1 Å². The fourth-order valence-corrected chi connectivity index (χ4v) is 3.95. The average Bonchev–Trinajstić information content (AvgIpc) is 2.93. The Bertz CT molecular complexity index is 774. The number of carbonyl (C=O) groups excluding carboxylic acids is 1. The molecule has 0 radical (unpaired) electrons. The van der Waals surface area contributed by atoms with E-state index in [1.54, 1.807) is 0 Å². The molecule has 1 aromatic heterocycles. The normalized spacial score (nSPS) is 18.0. The highest BCUT2D eigenvalue weighted by Gasteiger charge is 2.27. The summed E-state index contributed by atoms with van der Waals surface area (Å²) in [6, 6.07) is 12.7. The van der Waals surface area contributed by atoms with Gasteiger partial charge < -0.3 is 19.7 Å². The Balaban J connectivity index is 1.58. The number of rotatable bonds is 2. The summed E-state index contributed by atoms with van der Waals surface area (Å²) < 4.78 is 2.17. The molecule has 0 aliphatic carbocycles. The number of fused-ring (bicyclic) bond motifs is 2. The quantitative estimate of drug-likeness (QED) is 0.915. The van der Waals surface area contributed by atoms with Crippen LogP contribution in [0.1, 0.15) is 34.6 Å². The molecule has 0 spiro atoms. The Hall–Kier alpha value is -2.27. The molecule has 1 fully saturated rings. The van der Waals surface area contributed by atoms with Crippen LogP contribution in [0.25, 0.3) is 0 Å². The van der Waals surface area contributed by atoms with Crippen LogP contribution in [0.3, 0.4) is 0 Å². The topological polar surface area (TPSA) is 40.5 Å². The van der Waals surface area contributed by atoms with Crippen molar-refractivity contribution in [2.24, 2.45) is 0 Å². The second-order valence-electron chi connectivity index (χ2n) is 7.26. The number of likely N-dealkylation sites (tertiary alicyclic amines) is 1. The van der Waals surface area contributed by atoms with Crippen molar-refractivity contribution in [3.05, 3.63) is 53.3 Å². The van der Waals surface area contributed by atoms with E-state index in [0.29, 0.717) is 6.04 Å². The van der Waals surface area contributed by atoms with Gasteiger partial charge in [0.25, 0.3) is 5.91 Å². The van der Waals surface area contributed by atoms with Crippen molar-refractivity contribution in [3.8, 4) is 0 Å². The van der Waals surface area contributed by atoms with Crippen molar-refractivity contribution < 1.29 is 4.79 Å². The van der Waals surface area contributed by atoms with E-state index in [4.69, 9.17) is 0 Å². The highest BCUT2D eigenvalue weighted by molar-refractivity contribution is 5.93. The summed E-state index contributed by atoms with van der Waals surface area (Å²) in [7, 11) is 4.11. The van der Waals surface area contributed by atoms with Crippen molar-refractivity contribution in [1.82, 2.24) is 14.4 Å². The summed E-state index contributed by atoms with van der Waals surface area (Å²) in [4.78, 5) is 17.4. The van der Waals surface area contributed by atoms with Crippen LogP contribution < -0.4 is 5.32 Å². The maximum Gasteiger partial charge on any atom is 0.270 e. The van der Waals surface area contributed by atoms with E-state index in [2.05, 4.69) is 46.1 Å². The lowest BCUT2D eigenvalue weighted by Crippen LogP contribution is -2.45. The molecule has 2 aliphatic rings. The van der Waals surface area contributed by atoms with Crippen LogP contribution in [0, 0.1) is 0 Å². The molecule has 25 heavy (non-hydrogen) atoms. The summed E-state index contributed by atoms with van der Waals surface area (Å²) in [5, 5.41) is 3.48. The molecule has 1 amide bonds. The van der Waals surface area contributed by atoms with E-state index in [9.17, 15) is 4.79 Å². The second-order valence-corrected chi connectivity index (χ2v) is 7.26. The Morgan fingerprint density at radius 3 is 2.72 bits per heavy atom. The number of hydrogen-bond acceptors (Lipinski definition) is 3. The number of para-hydroxylation sites is 1. The molecule has 5 heteroatoms. The van der Waals surface area contributed by atoms with Crippen molar-refractivity contribution in [1.29, 1.82) is 0 Å². The van der Waals surface area contributed by atoms with Crippen LogP contribution in [-0.4, -0.2) is 53.5 Å². The SMILES string of the molecule is CN1CCC(N(C)C(=O)c2ccc3n2Cc2ccccc2NC3)CC1. The predicted molar refractivity (Wildman–Crippen MR) is 99.9 cm³/mol. The Morgan fingerprint density at radius 2 is 1.92 bits per heavy atom. The maximum absolute atomic E-state index is 13.2. The lowest BCUT2D eigenvalue weighted by Gasteiger charge is -2.35. The summed E-state index contributed by atoms with van der Waals surface area (Å²) >= 11 is 0. The number of nitrogens with zero attached hydrogens (tertiary/aromatic N) is 3. The van der Waals surface area contributed by atoms with Crippen molar-refractivity contribution in [2.75, 3.05) is 32.5 Å². The van der Waals surface area contributed by atoms with E-state index >= 15 is 0 Å². The van der Waals surface area contributed by atoms with Gasteiger partial charge in [-0.2, -0.15) is 0 Å². The fraction of sp³-hybridized carbons (Fsp3) is 0.450. The second kappa shape index (κ2) is 6.56. The van der Waals surface area contributed by atoms with E-state index in [0.717, 1.165) is 56.1 Å². The minimum Gasteiger partial charge on any atom is -0.379 e. The molecule has 1 aromatic carbocycles. The minimum absolute atomic E-state index is 0.139. The van der Waals surface area contributed by atoms with Gasteiger partial charge in [-0.15, -0.1) is 0 Å². The first-order valence-corrected chi connectivity index (χ1v) is 9.09. The van der Waals surface area contributed by atoms with Crippen molar-refractivity contribution >= 4 is 11.6 Å². The smallest absolute Gasteiger partial charge is 0.270 e. The Morgan fingerprint density at radius 1 is 1.16 bits per heavy atom. The largest absolute Gasteiger partial charge is 0.379 e. The molecule has 1 N–H and O–H groups in total. The molecule has 1 saturated heterocycles. The molecule has 0 saturated carbocycles. The molecule has 0 atom stereocenters. The van der Waals surface area contributed by atoms with E-state index in [-0.39, 0.29) is 5.91 Å². The van der Waals surface area contributed by atoms with Gasteiger partial charge in [-0.3, -0.25) is 4.79 Å². The third-order valence-corrected chi connectivity index (χ3v) is 5.65. The number of aromatic nitrogens is 1. The number of amides is 1. The molecule has 5 nitrogen and oxygen atoms in total. The number of carbonyl (C=O) groups is 1. The van der Waals surface area contributed by atoms with Crippen LogP contribution in [0.5, 0.6) is 0 Å². The lowest BCUT2D eigenvalue weighted by molar-refractivity contribution is 0.0649. The molecule has 0 unspecified atom stereocenters. The van der Waals surface area contributed by atoms with Crippen LogP contribution in [0.15, 0.2) is 36.4 Å². The number of piperidine rings is 1. The summed E-state index contributed by atoms with van der Waals surface area (Å²) in [6.07, 6.45) is 2.10. The fourth-order valence-electron chi connectivity index (χ4n) is 3.95. The standard InChI is InChI=1S/C20H26N4O/c1-22-11-9-16(10-12-22)23(2)20(25)19-8-7-17-13-21-18-6-4-3-5-15(18)14-24(17)19/h3-8,16,21H,9-14H2,1-2H3. The molecular formula is C20H26N4O. The summed E-state index contributed by atoms with van der Waals surface area (Å²) in [5.74, 6) is 0.139. The van der Waals surface area contributed by atoms with E-state index in [1.807, 2.05) is 24.1 Å². The molecule has 2 aromatic rings. The Labute approximate surface area is 149 Å². The van der Waals surface area contributed by atoms with Gasteiger partial charge >= 0.3 is 0 Å². The van der Waals surface area contributed by atoms with E-state index < -0.39 is 0 Å². The molecule has 132 valence electrons. The number of benzene rings is 1. The van der Waals surface area contributed by atoms with Gasteiger partial charge in [0.2, 0.25) is 0 Å². The minimum atomic E-state index is 0.139. The van der Waals surface area contributed by atoms with Gasteiger partial charge in [0, 0.05) is 24.5 Å². The third-order valence-electron chi connectivity index (χ3n) is 5.65. The number of hydrogen-bond donors (Lipinski definition) is 1. The average molecular weight is 338 g/mol. The van der Waals surface area contributed by atoms with Gasteiger partial charge in [-0.1, -0.05) is 18.2 Å². The van der Waals surface area contributed by atoms with Gasteiger partial charge in [0.15, 0.2) is 0 Å². The first-order valence-electron chi connectivity index (χ1n) is 9.09. The summed E-state index contributed by atoms with van der Waals surface area (Å²) in [6.45, 7) is 3.62. The molecule has 0 bridgehead atoms. The number of anilines is 1. The predicted octanol–water partition coefficient (Wildman–Crippen LogP) is 2.63. The van der Waals surface area contributed by atoms with Crippen molar-refractivity contribution in [3.63, 3.8) is 0 Å². The zero-order valence-electron chi connectivity index (χ0n) is 15.0. The molecule has 3 heterocycles. The maximum atomic E-state index is 13.2. The molecule has 2 aliphatic heterocycles. The first kappa shape index (κ1) is 16.2. The molecule has 4 rings (SSSR count). The molecular weight excluding hydrogens is 312 g/mol. The van der Waals surface area contributed by atoms with Gasteiger partial charge in [0.1, 0.15) is 5.69 Å². The third kappa shape index (κ3) is 3.04. The lowest BCUT2D eigenvalue weighted by atomic mass is 10.0. The van der Waals surface area contributed by atoms with Gasteiger partial charge in [-0.05, 0) is 56.7 Å². The van der Waals surface area contributed by atoms with E-state index in [1.165, 1.54) is 5.56 Å². The van der Waals surface area contributed by atoms with Crippen LogP contribution in [0.4, 0.5) is 5.69 Å². The van der Waals surface area contributed by atoms with Crippen molar-refractivity contribution in [2.45, 2.75) is 32.0 Å². The van der Waals surface area contributed by atoms with Gasteiger partial charge in [0.05, 0.1) is 13.1 Å². The van der Waals surface area contributed by atoms with Crippen LogP contribution >= 0.6 is 0 Å². The van der Waals surface area contributed by atoms with Gasteiger partial charge in [-0.25, -0.2) is 0 Å². The highest BCUT2D eigenvalue weighted by atomic mass is 16.2. The monoisotopic (exact) mass is 338 g/mol. The summed E-state index contributed by atoms with van der Waals surface area (Å²) in [5.41, 5.74) is 4.35. The zero-order valence-corrected chi connectivity index (χ0v) is 15.0. The van der Waals surface area contributed by atoms with Crippen LogP contribution in [0.2, 0.25) is 0 Å². The highest BCUT2D eigenvalue weighted by Crippen LogP contribution is 2.25. The zero-order chi connectivity index (χ0) is 17.4.